The molecule has 0 radical (unpaired) electrons. The molecule has 23 heavy (non-hydrogen) atoms. The maximum absolute atomic E-state index is 6.05. The van der Waals surface area contributed by atoms with Gasteiger partial charge in [0.2, 0.25) is 0 Å². The van der Waals surface area contributed by atoms with Gasteiger partial charge in [0, 0.05) is 18.3 Å². The number of rotatable bonds is 6. The molecule has 0 atom stereocenters. The predicted octanol–water partition coefficient (Wildman–Crippen LogP) is 4.63. The average molecular weight is 371 g/mol. The Labute approximate surface area is 152 Å². The lowest BCUT2D eigenvalue weighted by Gasteiger charge is -2.08. The van der Waals surface area contributed by atoms with Crippen molar-refractivity contribution < 1.29 is 0 Å². The van der Waals surface area contributed by atoms with Crippen molar-refractivity contribution in [3.05, 3.63) is 45.6 Å². The highest BCUT2D eigenvalue weighted by Gasteiger charge is 2.07. The van der Waals surface area contributed by atoms with Crippen molar-refractivity contribution in [3.63, 3.8) is 0 Å². The molecule has 0 bridgehead atoms. The number of halogens is 2. The van der Waals surface area contributed by atoms with Crippen molar-refractivity contribution in [2.45, 2.75) is 33.2 Å². The largest absolute Gasteiger partial charge is 0.362 e. The molecule has 1 heterocycles. The highest BCUT2D eigenvalue weighted by atomic mass is 35.5. The summed E-state index contributed by atoms with van der Waals surface area (Å²) in [4.78, 5) is 0. The van der Waals surface area contributed by atoms with E-state index in [2.05, 4.69) is 22.7 Å². The third-order valence-corrected chi connectivity index (χ3v) is 4.34. The Kier molecular flexibility index (Phi) is 6.69. The Bertz CT molecular complexity index is 685. The monoisotopic (exact) mass is 370 g/mol. The van der Waals surface area contributed by atoms with Gasteiger partial charge in [0.05, 0.1) is 16.6 Å². The second-order valence-corrected chi connectivity index (χ2v) is 6.53. The van der Waals surface area contributed by atoms with Gasteiger partial charge < -0.3 is 10.6 Å². The molecule has 2 rings (SSSR count). The number of nitrogens with zero attached hydrogens (tertiary/aromatic N) is 2. The Morgan fingerprint density at radius 1 is 1.26 bits per heavy atom. The number of benzene rings is 1. The van der Waals surface area contributed by atoms with E-state index >= 15 is 0 Å². The van der Waals surface area contributed by atoms with Crippen LogP contribution in [0.25, 0.3) is 0 Å². The number of anilines is 1. The van der Waals surface area contributed by atoms with Gasteiger partial charge >= 0.3 is 0 Å². The van der Waals surface area contributed by atoms with Crippen LogP contribution in [0, 0.1) is 6.92 Å². The summed E-state index contributed by atoms with van der Waals surface area (Å²) < 4.78 is 1.90. The smallest absolute Gasteiger partial charge is 0.171 e. The highest BCUT2D eigenvalue weighted by molar-refractivity contribution is 7.80. The van der Waals surface area contributed by atoms with Gasteiger partial charge in [-0.1, -0.05) is 42.6 Å². The van der Waals surface area contributed by atoms with E-state index in [4.69, 9.17) is 35.4 Å². The van der Waals surface area contributed by atoms with Crippen LogP contribution in [0.4, 0.5) is 5.82 Å². The Balaban J connectivity index is 2.00. The number of aryl methyl sites for hydroxylation is 1. The molecular formula is C16H20Cl2N4S. The topological polar surface area (TPSA) is 41.9 Å². The highest BCUT2D eigenvalue weighted by Crippen LogP contribution is 2.23. The molecule has 0 aliphatic heterocycles. The van der Waals surface area contributed by atoms with Crippen LogP contribution in [0.3, 0.4) is 0 Å². The molecule has 0 aliphatic rings. The molecule has 0 saturated carbocycles. The third kappa shape index (κ3) is 5.37. The zero-order valence-corrected chi connectivity index (χ0v) is 15.5. The van der Waals surface area contributed by atoms with Crippen LogP contribution in [0.15, 0.2) is 24.3 Å². The maximum atomic E-state index is 6.05. The minimum Gasteiger partial charge on any atom is -0.362 e. The molecule has 1 aromatic carbocycles. The first-order valence-corrected chi connectivity index (χ1v) is 8.69. The Hall–Kier alpha value is -1.30. The van der Waals surface area contributed by atoms with Crippen molar-refractivity contribution in [3.8, 4) is 0 Å². The number of nitrogens with one attached hydrogen (secondary N) is 2. The van der Waals surface area contributed by atoms with Gasteiger partial charge in [0.15, 0.2) is 10.9 Å². The first kappa shape index (κ1) is 18.0. The first-order chi connectivity index (χ1) is 11.0. The van der Waals surface area contributed by atoms with E-state index in [1.165, 1.54) is 0 Å². The zero-order chi connectivity index (χ0) is 16.8. The van der Waals surface area contributed by atoms with Crippen molar-refractivity contribution >= 4 is 46.4 Å². The number of unbranched alkanes of at least 4 members (excludes halogenated alkanes) is 1. The van der Waals surface area contributed by atoms with Crippen molar-refractivity contribution in [1.29, 1.82) is 0 Å². The molecule has 0 aliphatic carbocycles. The summed E-state index contributed by atoms with van der Waals surface area (Å²) in [5, 5.41) is 12.5. The zero-order valence-electron chi connectivity index (χ0n) is 13.2. The summed E-state index contributed by atoms with van der Waals surface area (Å²) in [5.41, 5.74) is 2.08. The summed E-state index contributed by atoms with van der Waals surface area (Å²) in [7, 11) is 0. The van der Waals surface area contributed by atoms with Crippen molar-refractivity contribution in [2.24, 2.45) is 0 Å². The molecule has 0 amide bonds. The van der Waals surface area contributed by atoms with Crippen LogP contribution in [0.5, 0.6) is 0 Å². The number of aromatic nitrogens is 2. The fourth-order valence-electron chi connectivity index (χ4n) is 2.08. The second-order valence-electron chi connectivity index (χ2n) is 5.31. The fraction of sp³-hybridized carbons (Fsp3) is 0.375. The van der Waals surface area contributed by atoms with E-state index < -0.39 is 0 Å². The van der Waals surface area contributed by atoms with Gasteiger partial charge in [-0.3, -0.25) is 4.68 Å². The van der Waals surface area contributed by atoms with E-state index in [0.717, 1.165) is 36.5 Å². The average Bonchev–Trinajstić information content (AvgIpc) is 2.83. The fourth-order valence-corrected chi connectivity index (χ4v) is 2.61. The first-order valence-electron chi connectivity index (χ1n) is 7.53. The normalized spacial score (nSPS) is 10.6. The number of thiocarbonyl (C=S) groups is 1. The van der Waals surface area contributed by atoms with Crippen LogP contribution in [-0.4, -0.2) is 21.4 Å². The van der Waals surface area contributed by atoms with E-state index in [9.17, 15) is 0 Å². The summed E-state index contributed by atoms with van der Waals surface area (Å²) in [6.45, 7) is 5.64. The third-order valence-electron chi connectivity index (χ3n) is 3.36. The van der Waals surface area contributed by atoms with E-state index in [1.54, 1.807) is 6.07 Å². The standard InChI is InChI=1S/C16H20Cl2N4S/c1-3-4-7-19-16(23)20-15-8-11(2)22(21-15)10-12-5-6-13(17)14(18)9-12/h5-6,8-9H,3-4,7,10H2,1-2H3,(H2,19,20,21,23). The van der Waals surface area contributed by atoms with Crippen molar-refractivity contribution in [1.82, 2.24) is 15.1 Å². The molecule has 7 heteroatoms. The number of hydrogen-bond acceptors (Lipinski definition) is 2. The van der Waals surface area contributed by atoms with Gasteiger partial charge in [-0.25, -0.2) is 0 Å². The quantitative estimate of drug-likeness (QED) is 0.574. The van der Waals surface area contributed by atoms with E-state index in [1.807, 2.05) is 29.8 Å². The second kappa shape index (κ2) is 8.52. The molecule has 0 unspecified atom stereocenters. The van der Waals surface area contributed by atoms with Crippen LogP contribution in [0.2, 0.25) is 10.0 Å². The molecule has 0 spiro atoms. The SMILES string of the molecule is CCCCNC(=S)Nc1cc(C)n(Cc2ccc(Cl)c(Cl)c2)n1. The molecule has 2 N–H and O–H groups in total. The molecule has 0 fully saturated rings. The summed E-state index contributed by atoms with van der Waals surface area (Å²) >= 11 is 17.3. The van der Waals surface area contributed by atoms with Gasteiger partial charge in [-0.2, -0.15) is 5.10 Å². The lowest BCUT2D eigenvalue weighted by atomic mass is 10.2. The minimum atomic E-state index is 0.550. The van der Waals surface area contributed by atoms with E-state index in [0.29, 0.717) is 21.7 Å². The molecule has 124 valence electrons. The molecule has 4 nitrogen and oxygen atoms in total. The Morgan fingerprint density at radius 3 is 2.74 bits per heavy atom. The van der Waals surface area contributed by atoms with Crippen LogP contribution in [0.1, 0.15) is 31.0 Å². The van der Waals surface area contributed by atoms with E-state index in [-0.39, 0.29) is 0 Å². The number of hydrogen-bond donors (Lipinski definition) is 2. The van der Waals surface area contributed by atoms with Crippen LogP contribution < -0.4 is 10.6 Å². The van der Waals surface area contributed by atoms with Gasteiger partial charge in [0.1, 0.15) is 0 Å². The van der Waals surface area contributed by atoms with Crippen LogP contribution >= 0.6 is 35.4 Å². The van der Waals surface area contributed by atoms with Gasteiger partial charge in [-0.15, -0.1) is 0 Å². The van der Waals surface area contributed by atoms with Gasteiger partial charge in [-0.05, 0) is 43.3 Å². The Morgan fingerprint density at radius 2 is 2.04 bits per heavy atom. The molecular weight excluding hydrogens is 351 g/mol. The van der Waals surface area contributed by atoms with Gasteiger partial charge in [0.25, 0.3) is 0 Å². The van der Waals surface area contributed by atoms with Crippen LogP contribution in [-0.2, 0) is 6.54 Å². The molecule has 2 aromatic rings. The summed E-state index contributed by atoms with van der Waals surface area (Å²) in [6, 6.07) is 7.56. The minimum absolute atomic E-state index is 0.550. The predicted molar refractivity (Wildman–Crippen MR) is 102 cm³/mol. The van der Waals surface area contributed by atoms with Crippen molar-refractivity contribution in [2.75, 3.05) is 11.9 Å². The summed E-state index contributed by atoms with van der Waals surface area (Å²) in [6.07, 6.45) is 2.22. The summed E-state index contributed by atoms with van der Waals surface area (Å²) in [5.74, 6) is 0.733. The molecule has 1 aromatic heterocycles. The maximum Gasteiger partial charge on any atom is 0.171 e. The lowest BCUT2D eigenvalue weighted by molar-refractivity contribution is 0.667. The lowest BCUT2D eigenvalue weighted by Crippen LogP contribution is -2.29. The molecule has 0 saturated heterocycles.